The van der Waals surface area contributed by atoms with Crippen molar-refractivity contribution in [1.29, 1.82) is 0 Å². The molecule has 0 radical (unpaired) electrons. The van der Waals surface area contributed by atoms with Crippen LogP contribution in [0.1, 0.15) is 18.5 Å². The first kappa shape index (κ1) is 23.3. The summed E-state index contributed by atoms with van der Waals surface area (Å²) in [6, 6.07) is 15.4. The van der Waals surface area contributed by atoms with Crippen LogP contribution in [0.5, 0.6) is 5.75 Å². The summed E-state index contributed by atoms with van der Waals surface area (Å²) in [6.45, 7) is 0.806. The lowest BCUT2D eigenvalue weighted by molar-refractivity contribution is -0.126. The number of rotatable bonds is 7. The second-order valence-electron chi connectivity index (χ2n) is 7.82. The number of ether oxygens (including phenoxy) is 1. The Morgan fingerprint density at radius 2 is 1.88 bits per heavy atom. The first-order chi connectivity index (χ1) is 15.9. The van der Waals surface area contributed by atoms with Crippen LogP contribution < -0.4 is 10.1 Å². The van der Waals surface area contributed by atoms with Gasteiger partial charge in [-0.15, -0.1) is 0 Å². The Morgan fingerprint density at radius 1 is 1.15 bits per heavy atom. The Hall–Kier alpha value is -2.88. The number of hydrogen-bond donors (Lipinski definition) is 1. The van der Waals surface area contributed by atoms with E-state index in [1.807, 2.05) is 36.5 Å². The molecule has 1 saturated heterocycles. The number of piperidine rings is 1. The zero-order valence-electron chi connectivity index (χ0n) is 18.1. The highest BCUT2D eigenvalue weighted by molar-refractivity contribution is 7.89. The third-order valence-electron chi connectivity index (χ3n) is 5.63. The van der Waals surface area contributed by atoms with Gasteiger partial charge >= 0.3 is 0 Å². The van der Waals surface area contributed by atoms with E-state index in [-0.39, 0.29) is 23.9 Å². The van der Waals surface area contributed by atoms with Crippen LogP contribution in [0.2, 0.25) is 5.02 Å². The predicted octanol–water partition coefficient (Wildman–Crippen LogP) is 3.25. The molecule has 174 valence electrons. The van der Waals surface area contributed by atoms with E-state index in [1.165, 1.54) is 16.4 Å². The summed E-state index contributed by atoms with van der Waals surface area (Å²) in [5, 5.41) is 7.87. The van der Waals surface area contributed by atoms with Gasteiger partial charge < -0.3 is 10.1 Å². The van der Waals surface area contributed by atoms with E-state index in [0.29, 0.717) is 30.1 Å². The number of carbonyl (C=O) groups is 1. The first-order valence-corrected chi connectivity index (χ1v) is 12.4. The fourth-order valence-electron chi connectivity index (χ4n) is 3.79. The number of aromatic nitrogens is 2. The number of methoxy groups -OCH3 is 1. The molecule has 0 aliphatic carbocycles. The lowest BCUT2D eigenvalue weighted by atomic mass is 9.99. The summed E-state index contributed by atoms with van der Waals surface area (Å²) < 4.78 is 34.2. The van der Waals surface area contributed by atoms with Gasteiger partial charge in [0.1, 0.15) is 5.75 Å². The molecule has 1 aliphatic rings. The zero-order chi connectivity index (χ0) is 23.4. The SMILES string of the molecule is COc1ccc(-n2ccc(CNC(=O)C3CCCN(S(=O)(=O)c4ccc(Cl)cc4)C3)n2)cc1. The molecule has 2 heterocycles. The van der Waals surface area contributed by atoms with E-state index in [0.717, 1.165) is 11.4 Å². The maximum absolute atomic E-state index is 13.0. The number of carbonyl (C=O) groups excluding carboxylic acids is 1. The van der Waals surface area contributed by atoms with E-state index in [9.17, 15) is 13.2 Å². The highest BCUT2D eigenvalue weighted by Crippen LogP contribution is 2.25. The molecule has 3 aromatic rings. The van der Waals surface area contributed by atoms with E-state index < -0.39 is 15.9 Å². The standard InChI is InChI=1S/C23H25ClN4O4S/c1-32-21-8-6-20(7-9-21)28-14-12-19(26-28)15-25-23(29)17-3-2-13-27(16-17)33(30,31)22-10-4-18(24)5-11-22/h4-12,14,17H,2-3,13,15-16H2,1H3,(H,25,29). The molecule has 2 aromatic carbocycles. The van der Waals surface area contributed by atoms with Gasteiger partial charge in [0.25, 0.3) is 0 Å². The minimum absolute atomic E-state index is 0.150. The monoisotopic (exact) mass is 488 g/mol. The van der Waals surface area contributed by atoms with Crippen LogP contribution in [0.3, 0.4) is 0 Å². The molecule has 4 rings (SSSR count). The average Bonchev–Trinajstić information content (AvgIpc) is 3.32. The van der Waals surface area contributed by atoms with Crippen LogP contribution in [0.4, 0.5) is 0 Å². The molecule has 1 aliphatic heterocycles. The second kappa shape index (κ2) is 9.94. The fourth-order valence-corrected chi connectivity index (χ4v) is 5.44. The molecule has 1 fully saturated rings. The molecule has 0 bridgehead atoms. The van der Waals surface area contributed by atoms with Gasteiger partial charge in [0.15, 0.2) is 0 Å². The Bertz CT molecular complexity index is 1210. The van der Waals surface area contributed by atoms with Crippen molar-refractivity contribution in [2.45, 2.75) is 24.3 Å². The van der Waals surface area contributed by atoms with Crippen molar-refractivity contribution < 1.29 is 17.9 Å². The zero-order valence-corrected chi connectivity index (χ0v) is 19.7. The molecular formula is C23H25ClN4O4S. The topological polar surface area (TPSA) is 93.5 Å². The number of amides is 1. The molecule has 1 unspecified atom stereocenters. The molecule has 10 heteroatoms. The number of sulfonamides is 1. The molecular weight excluding hydrogens is 464 g/mol. The summed E-state index contributed by atoms with van der Waals surface area (Å²) in [5.74, 6) is 0.174. The number of hydrogen-bond acceptors (Lipinski definition) is 5. The minimum atomic E-state index is -3.67. The van der Waals surface area contributed by atoms with Crippen LogP contribution in [0.15, 0.2) is 65.7 Å². The lowest BCUT2D eigenvalue weighted by Gasteiger charge is -2.31. The summed E-state index contributed by atoms with van der Waals surface area (Å²) in [6.07, 6.45) is 3.08. The van der Waals surface area contributed by atoms with Gasteiger partial charge in [-0.3, -0.25) is 4.79 Å². The van der Waals surface area contributed by atoms with E-state index in [2.05, 4.69) is 10.4 Å². The largest absolute Gasteiger partial charge is 0.497 e. The summed E-state index contributed by atoms with van der Waals surface area (Å²) in [7, 11) is -2.06. The van der Waals surface area contributed by atoms with Crippen molar-refractivity contribution in [3.8, 4) is 11.4 Å². The third kappa shape index (κ3) is 5.38. The van der Waals surface area contributed by atoms with Crippen LogP contribution >= 0.6 is 11.6 Å². The van der Waals surface area contributed by atoms with Gasteiger partial charge in [-0.25, -0.2) is 13.1 Å². The molecule has 1 N–H and O–H groups in total. The molecule has 1 amide bonds. The number of benzene rings is 2. The van der Waals surface area contributed by atoms with Crippen LogP contribution in [0, 0.1) is 5.92 Å². The Kier molecular flexibility index (Phi) is 7.02. The quantitative estimate of drug-likeness (QED) is 0.551. The second-order valence-corrected chi connectivity index (χ2v) is 10.2. The molecule has 1 aromatic heterocycles. The number of nitrogens with one attached hydrogen (secondary N) is 1. The normalized spacial score (nSPS) is 17.0. The maximum atomic E-state index is 13.0. The van der Waals surface area contributed by atoms with E-state index >= 15 is 0 Å². The summed E-state index contributed by atoms with van der Waals surface area (Å²) in [5.41, 5.74) is 1.59. The van der Waals surface area contributed by atoms with E-state index in [1.54, 1.807) is 23.9 Å². The van der Waals surface area contributed by atoms with E-state index in [4.69, 9.17) is 16.3 Å². The number of halogens is 1. The van der Waals surface area contributed by atoms with Crippen molar-refractivity contribution in [2.24, 2.45) is 5.92 Å². The molecule has 1 atom stereocenters. The highest BCUT2D eigenvalue weighted by atomic mass is 35.5. The molecule has 33 heavy (non-hydrogen) atoms. The van der Waals surface area contributed by atoms with Crippen molar-refractivity contribution >= 4 is 27.5 Å². The average molecular weight is 489 g/mol. The lowest BCUT2D eigenvalue weighted by Crippen LogP contribution is -2.45. The van der Waals surface area contributed by atoms with Crippen molar-refractivity contribution in [1.82, 2.24) is 19.4 Å². The summed E-state index contributed by atoms with van der Waals surface area (Å²) in [4.78, 5) is 13.0. The smallest absolute Gasteiger partial charge is 0.243 e. The van der Waals surface area contributed by atoms with Crippen LogP contribution in [-0.2, 0) is 21.4 Å². The van der Waals surface area contributed by atoms with Gasteiger partial charge in [-0.2, -0.15) is 9.40 Å². The minimum Gasteiger partial charge on any atom is -0.497 e. The third-order valence-corrected chi connectivity index (χ3v) is 7.76. The maximum Gasteiger partial charge on any atom is 0.243 e. The van der Waals surface area contributed by atoms with Gasteiger partial charge in [0, 0.05) is 24.3 Å². The van der Waals surface area contributed by atoms with Gasteiger partial charge in [0.2, 0.25) is 15.9 Å². The number of nitrogens with zero attached hydrogens (tertiary/aromatic N) is 3. The van der Waals surface area contributed by atoms with Gasteiger partial charge in [0.05, 0.1) is 35.8 Å². The van der Waals surface area contributed by atoms with Crippen molar-refractivity contribution in [2.75, 3.05) is 20.2 Å². The van der Waals surface area contributed by atoms with Crippen LogP contribution in [0.25, 0.3) is 5.69 Å². The molecule has 0 saturated carbocycles. The summed E-state index contributed by atoms with van der Waals surface area (Å²) >= 11 is 5.87. The predicted molar refractivity (Wildman–Crippen MR) is 125 cm³/mol. The van der Waals surface area contributed by atoms with Gasteiger partial charge in [-0.05, 0) is 67.4 Å². The first-order valence-electron chi connectivity index (χ1n) is 10.6. The highest BCUT2D eigenvalue weighted by Gasteiger charge is 2.33. The van der Waals surface area contributed by atoms with Crippen molar-refractivity contribution in [3.63, 3.8) is 0 Å². The fraction of sp³-hybridized carbons (Fsp3) is 0.304. The Morgan fingerprint density at radius 3 is 2.58 bits per heavy atom. The molecule has 8 nitrogen and oxygen atoms in total. The Labute approximate surface area is 198 Å². The molecule has 0 spiro atoms. The Balaban J connectivity index is 1.36. The van der Waals surface area contributed by atoms with Gasteiger partial charge in [-0.1, -0.05) is 11.6 Å². The van der Waals surface area contributed by atoms with Crippen LogP contribution in [-0.4, -0.2) is 48.6 Å². The van der Waals surface area contributed by atoms with Crippen molar-refractivity contribution in [3.05, 3.63) is 71.5 Å².